The Hall–Kier alpha value is -13.5. The molecule has 0 bridgehead atoms. The van der Waals surface area contributed by atoms with E-state index in [2.05, 4.69) is 55.2 Å². The maximum atomic E-state index is 15.7. The van der Waals surface area contributed by atoms with Gasteiger partial charge in [-0.3, -0.25) is 14.4 Å². The predicted molar refractivity (Wildman–Crippen MR) is 415 cm³/mol. The molecule has 0 N–H and O–H groups in total. The molecule has 0 saturated carbocycles. The normalized spacial score (nSPS) is 13.7. The molecule has 0 atom stereocenters. The quantitative estimate of drug-likeness (QED) is 0.0850. The molecule has 3 aliphatic rings. The molecule has 0 aliphatic heterocycles. The first-order valence-electron chi connectivity index (χ1n) is 34.3. The summed E-state index contributed by atoms with van der Waals surface area (Å²) in [6.45, 7) is 2.15. The summed E-state index contributed by atoms with van der Waals surface area (Å²) in [6, 6.07) is 118. The molecule has 5 heteroatoms. The largest absolute Gasteiger partial charge is 0.457 e. The van der Waals surface area contributed by atoms with Gasteiger partial charge in [0.15, 0.2) is 17.3 Å². The third kappa shape index (κ3) is 12.4. The summed E-state index contributed by atoms with van der Waals surface area (Å²) >= 11 is 0. The molecule has 0 fully saturated rings. The number of rotatable bonds is 17. The number of carbonyl (C=O) groups is 3. The predicted octanol–water partition coefficient (Wildman–Crippen LogP) is 22.5. The van der Waals surface area contributed by atoms with Gasteiger partial charge < -0.3 is 9.47 Å². The SMILES string of the molecule is CCc1ccc(C2=C(c3ccccc3)C(=O)C(c3ccccc3)=C2c2ccc(Oc3cccc(C4=C(c5ccccc5)C(=O)C(c5ccccc5)=C4c4cccc(Oc5ccc(C6=C(c7ccccc7)C(=O)C(c7ccccc7)=C6c6ccc(C#Cc7ccccc7)cc6)cc5)c4)c3)cc2)cc1. The third-order valence-electron chi connectivity index (χ3n) is 18.9. The van der Waals surface area contributed by atoms with Crippen LogP contribution < -0.4 is 9.47 Å². The second kappa shape index (κ2) is 28.1. The Bertz CT molecular complexity index is 5660. The van der Waals surface area contributed by atoms with Gasteiger partial charge in [-0.15, -0.1) is 0 Å². The van der Waals surface area contributed by atoms with E-state index in [9.17, 15) is 0 Å². The molecule has 0 amide bonds. The fraction of sp³-hybridized carbons (Fsp3) is 0.0206. The molecule has 0 spiro atoms. The first-order valence-corrected chi connectivity index (χ1v) is 34.3. The number of ketones is 3. The van der Waals surface area contributed by atoms with Crippen LogP contribution in [0.15, 0.2) is 358 Å². The van der Waals surface area contributed by atoms with Crippen molar-refractivity contribution in [1.29, 1.82) is 0 Å². The second-order valence-electron chi connectivity index (χ2n) is 25.2. The van der Waals surface area contributed by atoms with Crippen LogP contribution in [0.5, 0.6) is 23.0 Å². The summed E-state index contributed by atoms with van der Waals surface area (Å²) < 4.78 is 13.7. The van der Waals surface area contributed by atoms with Crippen LogP contribution in [-0.4, -0.2) is 17.3 Å². The van der Waals surface area contributed by atoms with Gasteiger partial charge in [0.25, 0.3) is 0 Å². The highest BCUT2D eigenvalue weighted by molar-refractivity contribution is 6.61. The Kier molecular flexibility index (Phi) is 17.4. The highest BCUT2D eigenvalue weighted by atomic mass is 16.5. The van der Waals surface area contributed by atoms with Gasteiger partial charge in [-0.2, -0.15) is 0 Å². The highest BCUT2D eigenvalue weighted by Gasteiger charge is 2.39. The number of carbonyl (C=O) groups excluding carboxylic acids is 3. The van der Waals surface area contributed by atoms with Gasteiger partial charge in [0.2, 0.25) is 0 Å². The summed E-state index contributed by atoms with van der Waals surface area (Å²) in [5.74, 6) is 8.72. The van der Waals surface area contributed by atoms with Crippen LogP contribution in [0.25, 0.3) is 66.9 Å². The molecule has 3 aliphatic carbocycles. The average Bonchev–Trinajstić information content (AvgIpc) is 1.60. The minimum atomic E-state index is -0.105. The summed E-state index contributed by atoms with van der Waals surface area (Å²) in [5, 5.41) is 0. The lowest BCUT2D eigenvalue weighted by atomic mass is 9.88. The zero-order valence-electron chi connectivity index (χ0n) is 55.8. The Morgan fingerprint density at radius 1 is 0.206 bits per heavy atom. The highest BCUT2D eigenvalue weighted by Crippen LogP contribution is 2.54. The summed E-state index contributed by atoms with van der Waals surface area (Å²) in [7, 11) is 0. The number of ether oxygens (including phenoxy) is 2. The van der Waals surface area contributed by atoms with E-state index in [0.29, 0.717) is 56.4 Å². The molecular formula is C97H64O5. The molecule has 13 aromatic carbocycles. The average molecular weight is 1310 g/mol. The first kappa shape index (κ1) is 63.2. The number of benzene rings is 13. The van der Waals surface area contributed by atoms with Crippen LogP contribution in [0.1, 0.15) is 90.4 Å². The van der Waals surface area contributed by atoms with Crippen LogP contribution in [0, 0.1) is 11.8 Å². The summed E-state index contributed by atoms with van der Waals surface area (Å²) in [4.78, 5) is 46.1. The summed E-state index contributed by atoms with van der Waals surface area (Å²) in [5.41, 5.74) is 21.7. The van der Waals surface area contributed by atoms with E-state index in [1.165, 1.54) is 5.56 Å². The van der Waals surface area contributed by atoms with E-state index in [-0.39, 0.29) is 17.3 Å². The van der Waals surface area contributed by atoms with Crippen LogP contribution in [0.3, 0.4) is 0 Å². The van der Waals surface area contributed by atoms with Gasteiger partial charge >= 0.3 is 0 Å². The molecule has 13 aromatic rings. The molecule has 0 aromatic heterocycles. The summed E-state index contributed by atoms with van der Waals surface area (Å²) in [6.07, 6.45) is 0.898. The fourth-order valence-corrected chi connectivity index (χ4v) is 14.2. The van der Waals surface area contributed by atoms with Crippen molar-refractivity contribution in [2.75, 3.05) is 0 Å². The molecule has 0 radical (unpaired) electrons. The van der Waals surface area contributed by atoms with E-state index in [0.717, 1.165) is 118 Å². The van der Waals surface area contributed by atoms with Crippen molar-refractivity contribution in [3.8, 4) is 34.8 Å². The van der Waals surface area contributed by atoms with Gasteiger partial charge in [0.05, 0.1) is 0 Å². The topological polar surface area (TPSA) is 69.7 Å². The zero-order chi connectivity index (χ0) is 68.9. The Morgan fingerprint density at radius 3 is 0.716 bits per heavy atom. The number of allylic oxidation sites excluding steroid dienone is 12. The van der Waals surface area contributed by atoms with Crippen molar-refractivity contribution in [3.63, 3.8) is 0 Å². The fourth-order valence-electron chi connectivity index (χ4n) is 14.2. The number of hydrogen-bond donors (Lipinski definition) is 0. The molecule has 5 nitrogen and oxygen atoms in total. The van der Waals surface area contributed by atoms with Crippen LogP contribution >= 0.6 is 0 Å². The first-order chi connectivity index (χ1) is 50.3. The third-order valence-corrected chi connectivity index (χ3v) is 18.9. The lowest BCUT2D eigenvalue weighted by molar-refractivity contribution is -0.109. The standard InChI is InChI=1S/C97H64O5/c1-2-64-46-50-73(51-47-64)83-85(91(69-32-16-6-17-33-69)95(98)89(83)67-28-12-4-13-29-67)75-54-58-79(59-55-75)101-81-42-24-40-77(62-81)87-88(94(72-38-22-9-23-39-72)97(100)93(87)71-36-20-8-21-37-71)78-41-25-43-82(63-78)102-80-60-56-76(57-61-80)86-84(74-52-48-66(49-53-74)45-44-65-26-10-3-11-27-65)90(68-30-14-5-15-31-68)96(99)92(86)70-34-18-7-19-35-70/h3-43,46-63H,2H2,1H3. The van der Waals surface area contributed by atoms with Gasteiger partial charge in [0, 0.05) is 78.0 Å². The monoisotopic (exact) mass is 1310 g/mol. The van der Waals surface area contributed by atoms with E-state index in [1.807, 2.05) is 322 Å². The molecule has 16 rings (SSSR count). The van der Waals surface area contributed by atoms with E-state index in [4.69, 9.17) is 9.47 Å². The van der Waals surface area contributed by atoms with Crippen LogP contribution in [-0.2, 0) is 20.8 Å². The molecular weight excluding hydrogens is 1250 g/mol. The Labute approximate surface area is 594 Å². The van der Waals surface area contributed by atoms with Crippen molar-refractivity contribution in [2.45, 2.75) is 13.3 Å². The van der Waals surface area contributed by atoms with Crippen molar-refractivity contribution in [3.05, 3.63) is 441 Å². The maximum Gasteiger partial charge on any atom is 0.195 e. The zero-order valence-corrected chi connectivity index (χ0v) is 55.8. The van der Waals surface area contributed by atoms with Crippen molar-refractivity contribution in [1.82, 2.24) is 0 Å². The smallest absolute Gasteiger partial charge is 0.195 e. The molecule has 0 heterocycles. The minimum Gasteiger partial charge on any atom is -0.457 e. The van der Waals surface area contributed by atoms with Crippen LogP contribution in [0.4, 0.5) is 0 Å². The van der Waals surface area contributed by atoms with E-state index in [1.54, 1.807) is 0 Å². The molecule has 0 saturated heterocycles. The molecule has 482 valence electrons. The second-order valence-corrected chi connectivity index (χ2v) is 25.2. The minimum absolute atomic E-state index is 0.0249. The van der Waals surface area contributed by atoms with Crippen LogP contribution in [0.2, 0.25) is 0 Å². The van der Waals surface area contributed by atoms with Gasteiger partial charge in [-0.25, -0.2) is 0 Å². The van der Waals surface area contributed by atoms with Crippen molar-refractivity contribution >= 4 is 84.2 Å². The number of hydrogen-bond acceptors (Lipinski definition) is 5. The number of aryl methyl sites for hydroxylation is 1. The molecule has 102 heavy (non-hydrogen) atoms. The van der Waals surface area contributed by atoms with Gasteiger partial charge in [-0.05, 0) is 152 Å². The van der Waals surface area contributed by atoms with E-state index < -0.39 is 0 Å². The maximum absolute atomic E-state index is 15.7. The van der Waals surface area contributed by atoms with Crippen molar-refractivity contribution in [2.24, 2.45) is 0 Å². The Morgan fingerprint density at radius 2 is 0.431 bits per heavy atom. The number of Topliss-reactive ketones (excluding diaryl/α,β-unsaturated/α-hetero) is 3. The van der Waals surface area contributed by atoms with Crippen molar-refractivity contribution < 1.29 is 23.9 Å². The lowest BCUT2D eigenvalue weighted by Crippen LogP contribution is -2.01. The Balaban J connectivity index is 0.752. The lowest BCUT2D eigenvalue weighted by Gasteiger charge is -2.17. The van der Waals surface area contributed by atoms with E-state index >= 15 is 14.4 Å². The van der Waals surface area contributed by atoms with Gasteiger partial charge in [-0.1, -0.05) is 304 Å². The van der Waals surface area contributed by atoms with Gasteiger partial charge in [0.1, 0.15) is 23.0 Å². The molecule has 0 unspecified atom stereocenters.